The summed E-state index contributed by atoms with van der Waals surface area (Å²) in [6.07, 6.45) is 4.60. The van der Waals surface area contributed by atoms with Crippen molar-refractivity contribution in [2.24, 2.45) is 5.73 Å². The average molecular weight is 368 g/mol. The number of fused-ring (bicyclic) bond motifs is 3. The number of anilines is 1. The number of amides is 1. The number of H-pyrrole nitrogens is 1. The van der Waals surface area contributed by atoms with Crippen LogP contribution in [-0.4, -0.2) is 24.0 Å². The van der Waals surface area contributed by atoms with Crippen molar-refractivity contribution in [3.8, 4) is 0 Å². The van der Waals surface area contributed by atoms with Gasteiger partial charge in [0.2, 0.25) is 6.41 Å². The number of aryl methyl sites for hydroxylation is 1. The van der Waals surface area contributed by atoms with Crippen molar-refractivity contribution < 1.29 is 4.79 Å². The lowest BCUT2D eigenvalue weighted by Crippen LogP contribution is -2.27. The zero-order valence-corrected chi connectivity index (χ0v) is 15.3. The van der Waals surface area contributed by atoms with E-state index in [1.165, 1.54) is 16.6 Å². The first-order valence-electron chi connectivity index (χ1n) is 8.99. The predicted octanol–water partition coefficient (Wildman–Crippen LogP) is 3.84. The molecule has 3 N–H and O–H groups in total. The minimum absolute atomic E-state index is 0.220. The van der Waals surface area contributed by atoms with Crippen molar-refractivity contribution in [3.05, 3.63) is 64.3 Å². The van der Waals surface area contributed by atoms with Gasteiger partial charge in [-0.1, -0.05) is 23.7 Å². The molecule has 1 aliphatic rings. The van der Waals surface area contributed by atoms with Crippen LogP contribution in [0.15, 0.2) is 42.5 Å². The zero-order chi connectivity index (χ0) is 18.1. The maximum atomic E-state index is 11.7. The molecule has 0 saturated heterocycles. The van der Waals surface area contributed by atoms with Gasteiger partial charge < -0.3 is 15.6 Å². The maximum absolute atomic E-state index is 11.7. The fourth-order valence-electron chi connectivity index (χ4n) is 3.75. The van der Waals surface area contributed by atoms with E-state index < -0.39 is 0 Å². The van der Waals surface area contributed by atoms with Gasteiger partial charge in [-0.05, 0) is 67.1 Å². The highest BCUT2D eigenvalue weighted by Gasteiger charge is 2.20. The molecular weight excluding hydrogens is 346 g/mol. The van der Waals surface area contributed by atoms with Crippen molar-refractivity contribution in [3.63, 3.8) is 0 Å². The summed E-state index contributed by atoms with van der Waals surface area (Å²) in [4.78, 5) is 16.9. The Kier molecular flexibility index (Phi) is 4.70. The van der Waals surface area contributed by atoms with Gasteiger partial charge >= 0.3 is 0 Å². The van der Waals surface area contributed by atoms with Crippen molar-refractivity contribution in [1.82, 2.24) is 4.98 Å². The second-order valence-corrected chi connectivity index (χ2v) is 7.43. The van der Waals surface area contributed by atoms with E-state index in [0.29, 0.717) is 6.54 Å². The minimum Gasteiger partial charge on any atom is -0.358 e. The Hall–Kier alpha value is -2.30. The molecule has 4 rings (SSSR count). The Morgan fingerprint density at radius 1 is 1.23 bits per heavy atom. The Morgan fingerprint density at radius 2 is 2.04 bits per heavy atom. The third kappa shape index (κ3) is 3.35. The number of aromatic nitrogens is 1. The van der Waals surface area contributed by atoms with E-state index in [2.05, 4.69) is 17.1 Å². The molecule has 26 heavy (non-hydrogen) atoms. The van der Waals surface area contributed by atoms with Crippen molar-refractivity contribution in [2.45, 2.75) is 31.7 Å². The first-order valence-corrected chi connectivity index (χ1v) is 9.37. The number of halogens is 1. The number of nitrogens with two attached hydrogens (primary N) is 1. The van der Waals surface area contributed by atoms with Gasteiger partial charge in [-0.15, -0.1) is 0 Å². The molecular formula is C21H22ClN3O. The molecule has 0 saturated carbocycles. The summed E-state index contributed by atoms with van der Waals surface area (Å²) in [5, 5.41) is 1.91. The Balaban J connectivity index is 1.58. The molecule has 5 heteroatoms. The second-order valence-electron chi connectivity index (χ2n) is 6.99. The van der Waals surface area contributed by atoms with Crippen LogP contribution in [0, 0.1) is 0 Å². The van der Waals surface area contributed by atoms with E-state index in [1.54, 1.807) is 4.90 Å². The highest BCUT2D eigenvalue weighted by Crippen LogP contribution is 2.31. The summed E-state index contributed by atoms with van der Waals surface area (Å²) in [5.41, 5.74) is 12.0. The highest BCUT2D eigenvalue weighted by molar-refractivity contribution is 6.30. The summed E-state index contributed by atoms with van der Waals surface area (Å²) in [7, 11) is 0. The number of benzene rings is 2. The van der Waals surface area contributed by atoms with Gasteiger partial charge in [0, 0.05) is 39.9 Å². The molecule has 0 fully saturated rings. The van der Waals surface area contributed by atoms with Crippen LogP contribution in [0.25, 0.3) is 10.9 Å². The van der Waals surface area contributed by atoms with Gasteiger partial charge in [0.1, 0.15) is 0 Å². The molecule has 0 radical (unpaired) electrons. The average Bonchev–Trinajstić information content (AvgIpc) is 3.01. The van der Waals surface area contributed by atoms with E-state index in [9.17, 15) is 4.79 Å². The fraction of sp³-hybridized carbons (Fsp3) is 0.286. The molecule has 0 aliphatic heterocycles. The van der Waals surface area contributed by atoms with E-state index >= 15 is 0 Å². The standard InChI is InChI=1S/C21H22ClN3O/c22-15-3-1-14(2-4-15)9-10-25(13-26)17-6-8-21-19(12-17)18-11-16(23)5-7-20(18)24-21/h1-4,6,8,12-13,16,24H,5,7,9-11,23H2. The predicted molar refractivity (Wildman–Crippen MR) is 107 cm³/mol. The van der Waals surface area contributed by atoms with Gasteiger partial charge in [-0.25, -0.2) is 0 Å². The lowest BCUT2D eigenvalue weighted by molar-refractivity contribution is -0.107. The number of aromatic amines is 1. The van der Waals surface area contributed by atoms with E-state index in [4.69, 9.17) is 17.3 Å². The van der Waals surface area contributed by atoms with Crippen LogP contribution < -0.4 is 10.6 Å². The van der Waals surface area contributed by atoms with Crippen molar-refractivity contribution >= 4 is 34.6 Å². The Morgan fingerprint density at radius 3 is 2.81 bits per heavy atom. The molecule has 4 nitrogen and oxygen atoms in total. The van der Waals surface area contributed by atoms with Gasteiger partial charge in [0.15, 0.2) is 0 Å². The summed E-state index contributed by atoms with van der Waals surface area (Å²) in [6.45, 7) is 0.628. The van der Waals surface area contributed by atoms with E-state index in [1.807, 2.05) is 30.3 Å². The molecule has 1 unspecified atom stereocenters. The molecule has 1 aromatic heterocycles. The van der Waals surface area contributed by atoms with E-state index in [-0.39, 0.29) is 6.04 Å². The lowest BCUT2D eigenvalue weighted by Gasteiger charge is -2.19. The first-order chi connectivity index (χ1) is 12.6. The number of carbonyl (C=O) groups excluding carboxylic acids is 1. The van der Waals surface area contributed by atoms with Crippen LogP contribution in [0.3, 0.4) is 0 Å². The third-order valence-corrected chi connectivity index (χ3v) is 5.48. The smallest absolute Gasteiger partial charge is 0.214 e. The molecule has 0 spiro atoms. The molecule has 1 aliphatic carbocycles. The molecule has 1 atom stereocenters. The van der Waals surface area contributed by atoms with Gasteiger partial charge in [-0.2, -0.15) is 0 Å². The van der Waals surface area contributed by atoms with Crippen LogP contribution in [0.1, 0.15) is 23.2 Å². The number of nitrogens with one attached hydrogen (secondary N) is 1. The monoisotopic (exact) mass is 367 g/mol. The normalized spacial score (nSPS) is 16.5. The number of rotatable bonds is 5. The quantitative estimate of drug-likeness (QED) is 0.673. The Bertz CT molecular complexity index is 932. The summed E-state index contributed by atoms with van der Waals surface area (Å²) in [6, 6.07) is 14.1. The largest absolute Gasteiger partial charge is 0.358 e. The molecule has 134 valence electrons. The molecule has 3 aromatic rings. The summed E-state index contributed by atoms with van der Waals surface area (Å²) in [5.74, 6) is 0. The summed E-state index contributed by atoms with van der Waals surface area (Å²) >= 11 is 5.93. The molecule has 0 bridgehead atoms. The van der Waals surface area contributed by atoms with Crippen LogP contribution in [0.2, 0.25) is 5.02 Å². The van der Waals surface area contributed by atoms with Crippen LogP contribution in [-0.2, 0) is 24.1 Å². The second kappa shape index (κ2) is 7.14. The van der Waals surface area contributed by atoms with E-state index in [0.717, 1.165) is 53.9 Å². The van der Waals surface area contributed by atoms with Crippen LogP contribution >= 0.6 is 11.6 Å². The van der Waals surface area contributed by atoms with Crippen LogP contribution in [0.4, 0.5) is 5.69 Å². The number of hydrogen-bond acceptors (Lipinski definition) is 2. The molecule has 1 heterocycles. The topological polar surface area (TPSA) is 62.1 Å². The number of hydrogen-bond donors (Lipinski definition) is 2. The van der Waals surface area contributed by atoms with Gasteiger partial charge in [0.25, 0.3) is 0 Å². The van der Waals surface area contributed by atoms with Gasteiger partial charge in [-0.3, -0.25) is 4.79 Å². The SMILES string of the molecule is NC1CCc2[nH]c3ccc(N(C=O)CCc4ccc(Cl)cc4)cc3c2C1. The van der Waals surface area contributed by atoms with Crippen molar-refractivity contribution in [2.75, 3.05) is 11.4 Å². The Labute approximate surface area is 157 Å². The zero-order valence-electron chi connectivity index (χ0n) is 14.5. The first kappa shape index (κ1) is 17.1. The maximum Gasteiger partial charge on any atom is 0.214 e. The summed E-state index contributed by atoms with van der Waals surface area (Å²) < 4.78 is 0. The fourth-order valence-corrected chi connectivity index (χ4v) is 3.88. The number of carbonyl (C=O) groups is 1. The number of nitrogens with zero attached hydrogens (tertiary/aromatic N) is 1. The minimum atomic E-state index is 0.220. The molecule has 2 aromatic carbocycles. The third-order valence-electron chi connectivity index (χ3n) is 5.22. The van der Waals surface area contributed by atoms with Gasteiger partial charge in [0.05, 0.1) is 0 Å². The molecule has 1 amide bonds. The van der Waals surface area contributed by atoms with Crippen LogP contribution in [0.5, 0.6) is 0 Å². The lowest BCUT2D eigenvalue weighted by atomic mass is 9.92. The van der Waals surface area contributed by atoms with Crippen molar-refractivity contribution in [1.29, 1.82) is 0 Å². The highest BCUT2D eigenvalue weighted by atomic mass is 35.5.